The molecule has 3 aromatic rings. The van der Waals surface area contributed by atoms with Crippen LogP contribution in [0.5, 0.6) is 5.75 Å². The molecular weight excluding hydrogens is 490 g/mol. The minimum Gasteiger partial charge on any atom is -0.492 e. The minimum atomic E-state index is -1.17. The maximum absolute atomic E-state index is 12.9. The minimum absolute atomic E-state index is 0.160. The highest BCUT2D eigenvalue weighted by molar-refractivity contribution is 5.94. The molecule has 2 aromatic heterocycles. The van der Waals surface area contributed by atoms with Gasteiger partial charge in [-0.1, -0.05) is 0 Å². The van der Waals surface area contributed by atoms with Gasteiger partial charge in [0.05, 0.1) is 25.0 Å². The zero-order valence-electron chi connectivity index (χ0n) is 21.5. The number of anilines is 1. The largest absolute Gasteiger partial charge is 0.492 e. The molecular formula is C26H33N7O5. The fraction of sp³-hybridized carbons (Fsp3) is 0.500. The van der Waals surface area contributed by atoms with Gasteiger partial charge in [-0.2, -0.15) is 0 Å². The van der Waals surface area contributed by atoms with Gasteiger partial charge in [-0.15, -0.1) is 0 Å². The van der Waals surface area contributed by atoms with E-state index in [0.29, 0.717) is 60.7 Å². The Morgan fingerprint density at radius 1 is 1.13 bits per heavy atom. The van der Waals surface area contributed by atoms with Gasteiger partial charge in [-0.25, -0.2) is 15.0 Å². The molecule has 4 atom stereocenters. The van der Waals surface area contributed by atoms with E-state index in [-0.39, 0.29) is 11.8 Å². The highest BCUT2D eigenvalue weighted by atomic mass is 16.5. The Hall–Kier alpha value is -3.77. The SMILES string of the molecule is CN(C)c1ncnc2c1ncn2[C@@H]1CC[C@@H](NC(=O)c2ccc(OCCN3CCCC3=O)cc2)[C@@H](O)[C@@H]1O. The maximum Gasteiger partial charge on any atom is 0.251 e. The van der Waals surface area contributed by atoms with E-state index < -0.39 is 24.3 Å². The molecule has 38 heavy (non-hydrogen) atoms. The van der Waals surface area contributed by atoms with Crippen molar-refractivity contribution >= 4 is 28.8 Å². The van der Waals surface area contributed by atoms with Gasteiger partial charge in [0.15, 0.2) is 17.0 Å². The lowest BCUT2D eigenvalue weighted by Crippen LogP contribution is -2.54. The quantitative estimate of drug-likeness (QED) is 0.389. The molecule has 3 heterocycles. The van der Waals surface area contributed by atoms with Crippen molar-refractivity contribution in [3.8, 4) is 5.75 Å². The molecule has 3 N–H and O–H groups in total. The first kappa shape index (κ1) is 25.9. The van der Waals surface area contributed by atoms with Crippen LogP contribution in [0.25, 0.3) is 11.2 Å². The number of aliphatic hydroxyl groups excluding tert-OH is 2. The Bertz CT molecular complexity index is 1290. The van der Waals surface area contributed by atoms with Crippen LogP contribution in [0.15, 0.2) is 36.9 Å². The molecule has 5 rings (SSSR count). The molecule has 0 spiro atoms. The molecule has 2 fully saturated rings. The fourth-order valence-electron chi connectivity index (χ4n) is 5.20. The third-order valence-corrected chi connectivity index (χ3v) is 7.28. The monoisotopic (exact) mass is 523 g/mol. The number of aromatic nitrogens is 4. The van der Waals surface area contributed by atoms with Crippen LogP contribution in [-0.2, 0) is 4.79 Å². The van der Waals surface area contributed by atoms with Gasteiger partial charge in [0.1, 0.15) is 30.9 Å². The Morgan fingerprint density at radius 3 is 2.63 bits per heavy atom. The smallest absolute Gasteiger partial charge is 0.251 e. The number of nitrogens with one attached hydrogen (secondary N) is 1. The normalized spacial score (nSPS) is 23.6. The first-order valence-electron chi connectivity index (χ1n) is 12.9. The second-order valence-electron chi connectivity index (χ2n) is 9.98. The molecule has 12 heteroatoms. The Kier molecular flexibility index (Phi) is 7.43. The summed E-state index contributed by atoms with van der Waals surface area (Å²) in [5, 5.41) is 24.7. The van der Waals surface area contributed by atoms with Crippen LogP contribution in [0.4, 0.5) is 5.82 Å². The lowest BCUT2D eigenvalue weighted by Gasteiger charge is -2.38. The topological polar surface area (TPSA) is 146 Å². The van der Waals surface area contributed by atoms with Gasteiger partial charge in [0, 0.05) is 32.6 Å². The Balaban J connectivity index is 1.17. The van der Waals surface area contributed by atoms with Gasteiger partial charge in [0.2, 0.25) is 5.91 Å². The second kappa shape index (κ2) is 10.9. The maximum atomic E-state index is 12.9. The summed E-state index contributed by atoms with van der Waals surface area (Å²) in [6, 6.07) is 5.66. The van der Waals surface area contributed by atoms with Crippen LogP contribution in [0.3, 0.4) is 0 Å². The molecule has 1 aromatic carbocycles. The van der Waals surface area contributed by atoms with Gasteiger partial charge in [-0.05, 0) is 43.5 Å². The number of amides is 2. The van der Waals surface area contributed by atoms with Gasteiger partial charge < -0.3 is 34.6 Å². The van der Waals surface area contributed by atoms with Crippen molar-refractivity contribution in [1.29, 1.82) is 0 Å². The summed E-state index contributed by atoms with van der Waals surface area (Å²) < 4.78 is 7.48. The number of nitrogens with zero attached hydrogens (tertiary/aromatic N) is 6. The number of ether oxygens (including phenoxy) is 1. The van der Waals surface area contributed by atoms with Crippen LogP contribution >= 0.6 is 0 Å². The lowest BCUT2D eigenvalue weighted by atomic mass is 9.85. The van der Waals surface area contributed by atoms with Crippen molar-refractivity contribution < 1.29 is 24.5 Å². The van der Waals surface area contributed by atoms with Gasteiger partial charge in [0.25, 0.3) is 5.91 Å². The molecule has 0 unspecified atom stereocenters. The van der Waals surface area contributed by atoms with E-state index in [2.05, 4.69) is 20.3 Å². The summed E-state index contributed by atoms with van der Waals surface area (Å²) in [4.78, 5) is 41.2. The third-order valence-electron chi connectivity index (χ3n) is 7.28. The van der Waals surface area contributed by atoms with E-state index in [0.717, 1.165) is 13.0 Å². The molecule has 2 amide bonds. The number of carbonyl (C=O) groups excluding carboxylic acids is 2. The predicted molar refractivity (Wildman–Crippen MR) is 139 cm³/mol. The molecule has 12 nitrogen and oxygen atoms in total. The number of hydrogen-bond acceptors (Lipinski definition) is 9. The van der Waals surface area contributed by atoms with Gasteiger partial charge in [-0.3, -0.25) is 9.59 Å². The van der Waals surface area contributed by atoms with E-state index in [4.69, 9.17) is 4.74 Å². The number of imidazole rings is 1. The van der Waals surface area contributed by atoms with Crippen LogP contribution in [0, 0.1) is 0 Å². The first-order chi connectivity index (χ1) is 18.3. The molecule has 1 saturated heterocycles. The summed E-state index contributed by atoms with van der Waals surface area (Å²) >= 11 is 0. The number of aliphatic hydroxyl groups is 2. The van der Waals surface area contributed by atoms with Crippen LogP contribution < -0.4 is 15.0 Å². The van der Waals surface area contributed by atoms with Crippen molar-refractivity contribution in [2.24, 2.45) is 0 Å². The molecule has 202 valence electrons. The zero-order chi connectivity index (χ0) is 26.8. The van der Waals surface area contributed by atoms with E-state index in [1.165, 1.54) is 6.33 Å². The predicted octanol–water partition coefficient (Wildman–Crippen LogP) is 0.749. The number of carbonyl (C=O) groups is 2. The highest BCUT2D eigenvalue weighted by Crippen LogP contribution is 2.33. The van der Waals surface area contributed by atoms with Crippen molar-refractivity contribution in [2.45, 2.75) is 50.0 Å². The average Bonchev–Trinajstić information content (AvgIpc) is 3.53. The Morgan fingerprint density at radius 2 is 1.92 bits per heavy atom. The number of fused-ring (bicyclic) bond motifs is 1. The van der Waals surface area contributed by atoms with E-state index >= 15 is 0 Å². The van der Waals surface area contributed by atoms with Crippen LogP contribution in [0.1, 0.15) is 42.1 Å². The average molecular weight is 524 g/mol. The summed E-state index contributed by atoms with van der Waals surface area (Å²) in [6.45, 7) is 1.70. The summed E-state index contributed by atoms with van der Waals surface area (Å²) in [7, 11) is 3.74. The molecule has 2 aliphatic rings. The molecule has 1 saturated carbocycles. The number of rotatable bonds is 8. The molecule has 1 aliphatic heterocycles. The number of benzene rings is 1. The summed E-state index contributed by atoms with van der Waals surface area (Å²) in [6.07, 6.45) is 3.25. The van der Waals surface area contributed by atoms with Gasteiger partial charge >= 0.3 is 0 Å². The first-order valence-corrected chi connectivity index (χ1v) is 12.9. The highest BCUT2D eigenvalue weighted by Gasteiger charge is 2.40. The zero-order valence-corrected chi connectivity index (χ0v) is 21.5. The van der Waals surface area contributed by atoms with Crippen molar-refractivity contribution in [2.75, 3.05) is 38.7 Å². The summed E-state index contributed by atoms with van der Waals surface area (Å²) in [5.74, 6) is 1.10. The van der Waals surface area contributed by atoms with Crippen molar-refractivity contribution in [3.63, 3.8) is 0 Å². The number of hydrogen-bond donors (Lipinski definition) is 3. The molecule has 1 aliphatic carbocycles. The van der Waals surface area contributed by atoms with Crippen LogP contribution in [0.2, 0.25) is 0 Å². The van der Waals surface area contributed by atoms with E-state index in [1.807, 2.05) is 19.0 Å². The molecule has 0 bridgehead atoms. The lowest BCUT2D eigenvalue weighted by molar-refractivity contribution is -0.128. The van der Waals surface area contributed by atoms with Crippen LogP contribution in [-0.4, -0.2) is 98.5 Å². The third kappa shape index (κ3) is 5.14. The fourth-order valence-corrected chi connectivity index (χ4v) is 5.20. The second-order valence-corrected chi connectivity index (χ2v) is 9.98. The Labute approximate surface area is 220 Å². The van der Waals surface area contributed by atoms with Crippen molar-refractivity contribution in [1.82, 2.24) is 29.7 Å². The number of likely N-dealkylation sites (tertiary alicyclic amines) is 1. The molecule has 0 radical (unpaired) electrons. The van der Waals surface area contributed by atoms with E-state index in [1.54, 1.807) is 40.1 Å². The standard InChI is InChI=1S/C26H33N7O5/c1-31(2)24-21-25(28-14-27-24)33(15-29-21)19-10-9-18(22(35)23(19)36)30-26(37)16-5-7-17(8-6-16)38-13-12-32-11-3-4-20(32)34/h5-8,14-15,18-19,22-23,35-36H,3-4,9-13H2,1-2H3,(H,30,37)/t18-,19-,22-,23-/m1/s1. The van der Waals surface area contributed by atoms with E-state index in [9.17, 15) is 19.8 Å². The van der Waals surface area contributed by atoms with Crippen molar-refractivity contribution in [3.05, 3.63) is 42.5 Å². The summed E-state index contributed by atoms with van der Waals surface area (Å²) in [5.41, 5.74) is 1.62.